The molecule has 0 aliphatic carbocycles. The SMILES string of the molecule is NC1=N[C@H]2[C@@H](N=CN2[C@@H]2O[C@H](COP(=O)(O)O)[C@@H](O)[C@H]2O)C(=O)N1. The summed E-state index contributed by atoms with van der Waals surface area (Å²) in [7, 11) is -4.75. The van der Waals surface area contributed by atoms with Crippen LogP contribution >= 0.6 is 7.82 Å². The van der Waals surface area contributed by atoms with Crippen molar-refractivity contribution in [3.8, 4) is 0 Å². The molecule has 0 aromatic rings. The molecule has 0 saturated carbocycles. The zero-order valence-electron chi connectivity index (χ0n) is 12.0. The highest BCUT2D eigenvalue weighted by atomic mass is 31.2. The van der Waals surface area contributed by atoms with Gasteiger partial charge in [-0.2, -0.15) is 0 Å². The van der Waals surface area contributed by atoms with E-state index in [4.69, 9.17) is 20.3 Å². The molecule has 134 valence electrons. The summed E-state index contributed by atoms with van der Waals surface area (Å²) in [6, 6.07) is -0.879. The van der Waals surface area contributed by atoms with E-state index in [0.29, 0.717) is 0 Å². The van der Waals surface area contributed by atoms with Gasteiger partial charge in [0.05, 0.1) is 12.9 Å². The standard InChI is InChI=1S/C10H16N5O8P/c11-10-13-7-4(8(18)14-10)12-2-15(7)9-6(17)5(16)3(23-9)1-22-24(19,20)21/h2-7,9,16-17H,1H2,(H2,19,20,21)(H3,11,13,14,18)/t3-,4-,5-,6-,7-,9-/m1/s1. The van der Waals surface area contributed by atoms with E-state index in [1.165, 1.54) is 11.2 Å². The predicted molar refractivity (Wildman–Crippen MR) is 76.3 cm³/mol. The fourth-order valence-corrected chi connectivity index (χ4v) is 3.01. The first-order chi connectivity index (χ1) is 11.2. The smallest absolute Gasteiger partial charge is 0.387 e. The predicted octanol–water partition coefficient (Wildman–Crippen LogP) is -3.97. The van der Waals surface area contributed by atoms with Crippen molar-refractivity contribution in [1.82, 2.24) is 10.2 Å². The van der Waals surface area contributed by atoms with E-state index in [0.717, 1.165) is 0 Å². The number of carbonyl (C=O) groups is 1. The van der Waals surface area contributed by atoms with Gasteiger partial charge in [-0.1, -0.05) is 0 Å². The maximum absolute atomic E-state index is 11.8. The zero-order valence-corrected chi connectivity index (χ0v) is 12.9. The number of nitrogens with one attached hydrogen (secondary N) is 1. The summed E-state index contributed by atoms with van der Waals surface area (Å²) in [6.45, 7) is -0.635. The van der Waals surface area contributed by atoms with Gasteiger partial charge in [-0.25, -0.2) is 9.56 Å². The first-order valence-electron chi connectivity index (χ1n) is 6.84. The average Bonchev–Trinajstić information content (AvgIpc) is 3.00. The zero-order chi connectivity index (χ0) is 17.6. The van der Waals surface area contributed by atoms with Crippen molar-refractivity contribution in [2.24, 2.45) is 15.7 Å². The number of ether oxygens (including phenoxy) is 1. The topological polar surface area (TPSA) is 200 Å². The van der Waals surface area contributed by atoms with E-state index in [9.17, 15) is 19.6 Å². The third-order valence-corrected chi connectivity index (χ3v) is 4.26. The second-order valence-corrected chi connectivity index (χ2v) is 6.65. The monoisotopic (exact) mass is 365 g/mol. The number of nitrogens with zero attached hydrogens (tertiary/aromatic N) is 3. The van der Waals surface area contributed by atoms with E-state index >= 15 is 0 Å². The summed E-state index contributed by atoms with van der Waals surface area (Å²) < 4.78 is 20.4. The Bertz CT molecular complexity index is 637. The van der Waals surface area contributed by atoms with Crippen molar-refractivity contribution in [2.45, 2.75) is 36.7 Å². The highest BCUT2D eigenvalue weighted by molar-refractivity contribution is 7.46. The number of phosphoric acid groups is 1. The maximum atomic E-state index is 11.8. The van der Waals surface area contributed by atoms with Gasteiger partial charge in [-0.05, 0) is 0 Å². The summed E-state index contributed by atoms with van der Waals surface area (Å²) in [5, 5.41) is 22.4. The van der Waals surface area contributed by atoms with E-state index in [-0.39, 0.29) is 5.96 Å². The fraction of sp³-hybridized carbons (Fsp3) is 0.700. The van der Waals surface area contributed by atoms with Gasteiger partial charge in [0.15, 0.2) is 24.4 Å². The Morgan fingerprint density at radius 1 is 1.42 bits per heavy atom. The highest BCUT2D eigenvalue weighted by Gasteiger charge is 2.51. The van der Waals surface area contributed by atoms with Crippen LogP contribution in [0.5, 0.6) is 0 Å². The molecule has 1 amide bonds. The molecule has 1 saturated heterocycles. The quantitative estimate of drug-likeness (QED) is 0.267. The van der Waals surface area contributed by atoms with Crippen molar-refractivity contribution in [2.75, 3.05) is 6.61 Å². The van der Waals surface area contributed by atoms with Crippen LogP contribution in [0.15, 0.2) is 9.98 Å². The number of carbonyl (C=O) groups excluding carboxylic acids is 1. The minimum Gasteiger partial charge on any atom is -0.387 e. The Balaban J connectivity index is 1.73. The van der Waals surface area contributed by atoms with E-state index in [1.54, 1.807) is 0 Å². The molecule has 13 nitrogen and oxygen atoms in total. The molecule has 0 spiro atoms. The number of phosphoric ester groups is 1. The van der Waals surface area contributed by atoms with Crippen LogP contribution in [0.2, 0.25) is 0 Å². The summed E-state index contributed by atoms with van der Waals surface area (Å²) >= 11 is 0. The second-order valence-electron chi connectivity index (χ2n) is 5.41. The van der Waals surface area contributed by atoms with Crippen LogP contribution in [0.3, 0.4) is 0 Å². The van der Waals surface area contributed by atoms with Gasteiger partial charge in [0.1, 0.15) is 18.3 Å². The minimum absolute atomic E-state index is 0.119. The molecule has 3 aliphatic rings. The highest BCUT2D eigenvalue weighted by Crippen LogP contribution is 2.37. The van der Waals surface area contributed by atoms with E-state index in [1.807, 2.05) is 0 Å². The lowest BCUT2D eigenvalue weighted by atomic mass is 10.1. The maximum Gasteiger partial charge on any atom is 0.469 e. The molecule has 24 heavy (non-hydrogen) atoms. The lowest BCUT2D eigenvalue weighted by molar-refractivity contribution is -0.124. The fourth-order valence-electron chi connectivity index (χ4n) is 2.67. The molecule has 3 rings (SSSR count). The Kier molecular flexibility index (Phi) is 4.34. The lowest BCUT2D eigenvalue weighted by Gasteiger charge is -2.32. The number of aliphatic hydroxyl groups excluding tert-OH is 2. The van der Waals surface area contributed by atoms with Crippen molar-refractivity contribution >= 4 is 26.0 Å². The van der Waals surface area contributed by atoms with Crippen LogP contribution in [0, 0.1) is 0 Å². The van der Waals surface area contributed by atoms with Crippen molar-refractivity contribution < 1.29 is 38.6 Å². The Labute approximate surface area is 135 Å². The van der Waals surface area contributed by atoms with Gasteiger partial charge in [-0.15, -0.1) is 0 Å². The summed E-state index contributed by atoms with van der Waals surface area (Å²) in [5.41, 5.74) is 5.50. The number of fused-ring (bicyclic) bond motifs is 1. The molecule has 1 fully saturated rings. The third kappa shape index (κ3) is 3.15. The van der Waals surface area contributed by atoms with E-state index in [2.05, 4.69) is 19.8 Å². The van der Waals surface area contributed by atoms with Gasteiger partial charge in [-0.3, -0.25) is 19.6 Å². The molecule has 0 unspecified atom stereocenters. The second kappa shape index (κ2) is 6.04. The molecular weight excluding hydrogens is 349 g/mol. The number of rotatable bonds is 4. The van der Waals surface area contributed by atoms with Crippen LogP contribution in [0.25, 0.3) is 0 Å². The average molecular weight is 365 g/mol. The van der Waals surface area contributed by atoms with Gasteiger partial charge < -0.3 is 35.4 Å². The Morgan fingerprint density at radius 3 is 2.79 bits per heavy atom. The minimum atomic E-state index is -4.75. The molecule has 0 radical (unpaired) electrons. The molecule has 0 bridgehead atoms. The number of aliphatic imine (C=N–C) groups is 2. The molecule has 3 aliphatic heterocycles. The third-order valence-electron chi connectivity index (χ3n) is 3.78. The van der Waals surface area contributed by atoms with Crippen molar-refractivity contribution in [3.05, 3.63) is 0 Å². The van der Waals surface area contributed by atoms with Gasteiger partial charge >= 0.3 is 7.82 Å². The normalized spacial score (nSPS) is 38.9. The largest absolute Gasteiger partial charge is 0.469 e. The van der Waals surface area contributed by atoms with Crippen LogP contribution in [-0.4, -0.2) is 86.5 Å². The van der Waals surface area contributed by atoms with Crippen molar-refractivity contribution in [1.29, 1.82) is 0 Å². The molecule has 0 aromatic carbocycles. The first kappa shape index (κ1) is 17.2. The van der Waals surface area contributed by atoms with Crippen LogP contribution in [0.1, 0.15) is 0 Å². The summed E-state index contributed by atoms with van der Waals surface area (Å²) in [4.78, 5) is 38.5. The van der Waals surface area contributed by atoms with Crippen LogP contribution in [0.4, 0.5) is 0 Å². The van der Waals surface area contributed by atoms with Gasteiger partial charge in [0, 0.05) is 0 Å². The van der Waals surface area contributed by atoms with Gasteiger partial charge in [0.25, 0.3) is 5.91 Å². The Morgan fingerprint density at radius 2 is 2.12 bits per heavy atom. The first-order valence-corrected chi connectivity index (χ1v) is 8.37. The number of nitrogens with two attached hydrogens (primary N) is 1. The summed E-state index contributed by atoms with van der Waals surface area (Å²) in [5.74, 6) is -0.591. The molecule has 3 heterocycles. The van der Waals surface area contributed by atoms with Crippen LogP contribution < -0.4 is 11.1 Å². The molecule has 7 N–H and O–H groups in total. The number of hydrogen-bond donors (Lipinski definition) is 6. The summed E-state index contributed by atoms with van der Waals surface area (Å²) in [6.07, 6.45) is -4.86. The molecule has 14 heteroatoms. The number of aliphatic hydroxyl groups is 2. The number of amides is 1. The number of hydrogen-bond acceptors (Lipinski definition) is 10. The molecular formula is C10H16N5O8P. The van der Waals surface area contributed by atoms with Crippen LogP contribution in [-0.2, 0) is 18.6 Å². The number of guanidine groups is 1. The Hall–Kier alpha value is -1.60. The van der Waals surface area contributed by atoms with Gasteiger partial charge in [0.2, 0.25) is 0 Å². The molecule has 0 aromatic heterocycles. The van der Waals surface area contributed by atoms with E-state index < -0.39 is 57.1 Å². The molecule has 6 atom stereocenters. The lowest BCUT2D eigenvalue weighted by Crippen LogP contribution is -2.56. The van der Waals surface area contributed by atoms with Crippen molar-refractivity contribution in [3.63, 3.8) is 0 Å².